The number of para-hydroxylation sites is 1. The summed E-state index contributed by atoms with van der Waals surface area (Å²) in [6, 6.07) is 7.97. The zero-order valence-corrected chi connectivity index (χ0v) is 12.5. The molecule has 1 spiro atoms. The monoisotopic (exact) mass is 287 g/mol. The van der Waals surface area contributed by atoms with Crippen molar-refractivity contribution in [1.82, 2.24) is 10.2 Å². The minimum Gasteiger partial charge on any atom is -0.336 e. The summed E-state index contributed by atoms with van der Waals surface area (Å²) in [5, 5.41) is 5.88. The fraction of sp³-hybridized carbons (Fsp3) is 0.500. The van der Waals surface area contributed by atoms with Crippen molar-refractivity contribution in [1.29, 1.82) is 0 Å². The normalized spacial score (nSPS) is 19.6. The minimum atomic E-state index is -0.453. The lowest BCUT2D eigenvalue weighted by molar-refractivity contribution is -0.122. The predicted molar refractivity (Wildman–Crippen MR) is 81.2 cm³/mol. The van der Waals surface area contributed by atoms with Gasteiger partial charge in [-0.25, -0.2) is 4.79 Å². The molecule has 0 bridgehead atoms. The van der Waals surface area contributed by atoms with Crippen molar-refractivity contribution in [3.05, 3.63) is 29.8 Å². The molecule has 0 aliphatic carbocycles. The topological polar surface area (TPSA) is 61.4 Å². The molecule has 3 rings (SSSR count). The molecule has 21 heavy (non-hydrogen) atoms. The van der Waals surface area contributed by atoms with Crippen molar-refractivity contribution in [3.63, 3.8) is 0 Å². The summed E-state index contributed by atoms with van der Waals surface area (Å²) in [6.45, 7) is 5.12. The number of hydrogen-bond acceptors (Lipinski definition) is 2. The quantitative estimate of drug-likeness (QED) is 0.831. The summed E-state index contributed by atoms with van der Waals surface area (Å²) in [4.78, 5) is 26.3. The number of rotatable bonds is 1. The second-order valence-corrected chi connectivity index (χ2v) is 6.17. The van der Waals surface area contributed by atoms with Gasteiger partial charge in [0.25, 0.3) is 0 Å². The molecule has 1 aromatic rings. The number of nitrogens with zero attached hydrogens (tertiary/aromatic N) is 1. The fourth-order valence-electron chi connectivity index (χ4n) is 3.30. The molecule has 3 amide bonds. The molecule has 0 saturated carbocycles. The highest BCUT2D eigenvalue weighted by atomic mass is 16.2. The van der Waals surface area contributed by atoms with E-state index >= 15 is 0 Å². The van der Waals surface area contributed by atoms with Gasteiger partial charge in [-0.15, -0.1) is 0 Å². The van der Waals surface area contributed by atoms with Crippen LogP contribution < -0.4 is 10.6 Å². The zero-order valence-electron chi connectivity index (χ0n) is 12.5. The van der Waals surface area contributed by atoms with E-state index in [9.17, 15) is 9.59 Å². The first-order valence-corrected chi connectivity index (χ1v) is 7.49. The third-order valence-corrected chi connectivity index (χ3v) is 4.44. The fourth-order valence-corrected chi connectivity index (χ4v) is 3.30. The molecule has 0 aromatic heterocycles. The summed E-state index contributed by atoms with van der Waals surface area (Å²) in [5.74, 6) is 0.0765. The summed E-state index contributed by atoms with van der Waals surface area (Å²) >= 11 is 0. The van der Waals surface area contributed by atoms with E-state index in [0.29, 0.717) is 25.9 Å². The first kappa shape index (κ1) is 13.9. The van der Waals surface area contributed by atoms with E-state index in [1.165, 1.54) is 0 Å². The number of carbonyl (C=O) groups is 2. The third-order valence-electron chi connectivity index (χ3n) is 4.44. The molecular weight excluding hydrogens is 266 g/mol. The van der Waals surface area contributed by atoms with Crippen LogP contribution in [0.15, 0.2) is 24.3 Å². The van der Waals surface area contributed by atoms with E-state index in [4.69, 9.17) is 0 Å². The largest absolute Gasteiger partial charge is 0.336 e. The Morgan fingerprint density at radius 1 is 1.29 bits per heavy atom. The molecule has 1 saturated heterocycles. The lowest BCUT2D eigenvalue weighted by atomic mass is 9.74. The van der Waals surface area contributed by atoms with Crippen LogP contribution in [-0.4, -0.2) is 36.0 Å². The maximum Gasteiger partial charge on any atom is 0.317 e. The van der Waals surface area contributed by atoms with Crippen molar-refractivity contribution in [2.24, 2.45) is 0 Å². The Morgan fingerprint density at radius 3 is 2.62 bits per heavy atom. The molecule has 1 aromatic carbocycles. The SMILES string of the molecule is CC(C)NC(=O)N1CCC2(CC1)C(=O)Nc1ccccc12. The van der Waals surface area contributed by atoms with Crippen molar-refractivity contribution in [2.75, 3.05) is 18.4 Å². The van der Waals surface area contributed by atoms with Gasteiger partial charge < -0.3 is 15.5 Å². The average Bonchev–Trinajstić information content (AvgIpc) is 2.72. The standard InChI is InChI=1S/C16H21N3O2/c1-11(2)17-15(21)19-9-7-16(8-10-19)12-5-3-4-6-13(12)18-14(16)20/h3-6,11H,7-10H2,1-2H3,(H,17,21)(H,18,20). The molecule has 5 nitrogen and oxygen atoms in total. The second-order valence-electron chi connectivity index (χ2n) is 6.17. The van der Waals surface area contributed by atoms with Gasteiger partial charge in [0.1, 0.15) is 0 Å². The van der Waals surface area contributed by atoms with E-state index < -0.39 is 5.41 Å². The number of hydrogen-bond donors (Lipinski definition) is 2. The van der Waals surface area contributed by atoms with Crippen LogP contribution in [0.2, 0.25) is 0 Å². The van der Waals surface area contributed by atoms with E-state index in [1.807, 2.05) is 38.1 Å². The number of urea groups is 1. The highest BCUT2D eigenvalue weighted by Gasteiger charge is 2.48. The molecule has 0 unspecified atom stereocenters. The molecular formula is C16H21N3O2. The number of carbonyl (C=O) groups excluding carboxylic acids is 2. The smallest absolute Gasteiger partial charge is 0.317 e. The van der Waals surface area contributed by atoms with Gasteiger partial charge in [-0.2, -0.15) is 0 Å². The summed E-state index contributed by atoms with van der Waals surface area (Å²) in [5.41, 5.74) is 1.55. The first-order chi connectivity index (χ1) is 10.0. The number of benzene rings is 1. The number of fused-ring (bicyclic) bond motifs is 2. The van der Waals surface area contributed by atoms with Crippen LogP contribution in [-0.2, 0) is 10.2 Å². The number of likely N-dealkylation sites (tertiary alicyclic amines) is 1. The number of nitrogens with one attached hydrogen (secondary N) is 2. The van der Waals surface area contributed by atoms with Crippen LogP contribution in [0.25, 0.3) is 0 Å². The summed E-state index contributed by atoms with van der Waals surface area (Å²) < 4.78 is 0. The highest BCUT2D eigenvalue weighted by Crippen LogP contribution is 2.44. The molecule has 2 N–H and O–H groups in total. The molecule has 0 atom stereocenters. The molecule has 1 fully saturated rings. The van der Waals surface area contributed by atoms with Crippen molar-refractivity contribution in [3.8, 4) is 0 Å². The Morgan fingerprint density at radius 2 is 1.95 bits per heavy atom. The van der Waals surface area contributed by atoms with Gasteiger partial charge in [0.15, 0.2) is 0 Å². The van der Waals surface area contributed by atoms with Gasteiger partial charge in [-0.05, 0) is 38.3 Å². The predicted octanol–water partition coefficient (Wildman–Crippen LogP) is 2.09. The summed E-state index contributed by atoms with van der Waals surface area (Å²) in [7, 11) is 0. The van der Waals surface area contributed by atoms with Crippen molar-refractivity contribution >= 4 is 17.6 Å². The Labute approximate surface area is 124 Å². The molecule has 0 radical (unpaired) electrons. The van der Waals surface area contributed by atoms with E-state index in [-0.39, 0.29) is 18.0 Å². The third kappa shape index (κ3) is 2.26. The van der Waals surface area contributed by atoms with Gasteiger partial charge in [0.05, 0.1) is 5.41 Å². The van der Waals surface area contributed by atoms with Gasteiger partial charge in [-0.3, -0.25) is 4.79 Å². The average molecular weight is 287 g/mol. The van der Waals surface area contributed by atoms with Crippen LogP contribution in [0.3, 0.4) is 0 Å². The number of piperidine rings is 1. The van der Waals surface area contributed by atoms with E-state index in [0.717, 1.165) is 11.3 Å². The molecule has 2 heterocycles. The Balaban J connectivity index is 1.76. The molecule has 2 aliphatic rings. The van der Waals surface area contributed by atoms with Crippen LogP contribution in [0.5, 0.6) is 0 Å². The highest BCUT2D eigenvalue weighted by molar-refractivity contribution is 6.06. The zero-order chi connectivity index (χ0) is 15.0. The molecule has 2 aliphatic heterocycles. The van der Waals surface area contributed by atoms with Crippen LogP contribution in [0.1, 0.15) is 32.3 Å². The number of anilines is 1. The maximum atomic E-state index is 12.4. The minimum absolute atomic E-state index is 0.0356. The first-order valence-electron chi connectivity index (χ1n) is 7.49. The van der Waals surface area contributed by atoms with Gasteiger partial charge in [0, 0.05) is 24.8 Å². The van der Waals surface area contributed by atoms with Crippen LogP contribution in [0, 0.1) is 0 Å². The molecule has 5 heteroatoms. The number of amides is 3. The van der Waals surface area contributed by atoms with E-state index in [1.54, 1.807) is 4.90 Å². The van der Waals surface area contributed by atoms with Crippen molar-refractivity contribution in [2.45, 2.75) is 38.1 Å². The van der Waals surface area contributed by atoms with Crippen LogP contribution in [0.4, 0.5) is 10.5 Å². The lowest BCUT2D eigenvalue weighted by Gasteiger charge is -2.38. The van der Waals surface area contributed by atoms with Gasteiger partial charge in [0.2, 0.25) is 5.91 Å². The summed E-state index contributed by atoms with van der Waals surface area (Å²) in [6.07, 6.45) is 1.36. The second kappa shape index (κ2) is 5.06. The van der Waals surface area contributed by atoms with E-state index in [2.05, 4.69) is 10.6 Å². The van der Waals surface area contributed by atoms with Crippen LogP contribution >= 0.6 is 0 Å². The van der Waals surface area contributed by atoms with Gasteiger partial charge >= 0.3 is 6.03 Å². The maximum absolute atomic E-state index is 12.4. The Bertz CT molecular complexity index is 575. The Kier molecular flexibility index (Phi) is 3.35. The van der Waals surface area contributed by atoms with Gasteiger partial charge in [-0.1, -0.05) is 18.2 Å². The van der Waals surface area contributed by atoms with Crippen molar-refractivity contribution < 1.29 is 9.59 Å². The Hall–Kier alpha value is -2.04. The molecule has 112 valence electrons. The lowest BCUT2D eigenvalue weighted by Crippen LogP contribution is -2.51.